The number of benzene rings is 3. The predicted molar refractivity (Wildman–Crippen MR) is 207 cm³/mol. The summed E-state index contributed by atoms with van der Waals surface area (Å²) >= 11 is 0. The number of aromatic amines is 1. The molecule has 3 unspecified atom stereocenters. The van der Waals surface area contributed by atoms with Crippen LogP contribution in [0.5, 0.6) is 0 Å². The molecule has 0 fully saturated rings. The van der Waals surface area contributed by atoms with Crippen LogP contribution in [0.4, 0.5) is 0 Å². The van der Waals surface area contributed by atoms with E-state index in [4.69, 9.17) is 0 Å². The molecular weight excluding hydrogens is 555 g/mol. The van der Waals surface area contributed by atoms with Crippen molar-refractivity contribution in [1.29, 1.82) is 0 Å². The van der Waals surface area contributed by atoms with Gasteiger partial charge >= 0.3 is 0 Å². The van der Waals surface area contributed by atoms with Crippen molar-refractivity contribution in [1.82, 2.24) is 4.98 Å². The summed E-state index contributed by atoms with van der Waals surface area (Å²) < 4.78 is 0. The average molecular weight is 618 g/mol. The number of hydrogen-bond acceptors (Lipinski definition) is 0. The molecule has 0 aliphatic heterocycles. The summed E-state index contributed by atoms with van der Waals surface area (Å²) in [5.74, 6) is 2.01. The van der Waals surface area contributed by atoms with Gasteiger partial charge in [0.05, 0.1) is 0 Å². The second-order valence-electron chi connectivity index (χ2n) is 16.5. The van der Waals surface area contributed by atoms with E-state index in [9.17, 15) is 0 Å². The highest BCUT2D eigenvalue weighted by Crippen LogP contribution is 2.40. The zero-order valence-corrected chi connectivity index (χ0v) is 31.5. The van der Waals surface area contributed by atoms with Crippen LogP contribution in [-0.2, 0) is 5.41 Å². The third-order valence-electron chi connectivity index (χ3n) is 11.3. The molecule has 4 rings (SSSR count). The molecule has 46 heavy (non-hydrogen) atoms. The number of nitrogens with one attached hydrogen (secondary N) is 1. The molecule has 1 N–H and O–H groups in total. The van der Waals surface area contributed by atoms with Crippen LogP contribution >= 0.6 is 0 Å². The maximum absolute atomic E-state index is 3.72. The largest absolute Gasteiger partial charge is 0.354 e. The zero-order valence-electron chi connectivity index (χ0n) is 31.5. The molecule has 1 heterocycles. The maximum atomic E-state index is 3.72. The first-order valence-electron chi connectivity index (χ1n) is 18.1. The van der Waals surface area contributed by atoms with Crippen LogP contribution in [0.25, 0.3) is 33.0 Å². The Morgan fingerprint density at radius 2 is 1.43 bits per heavy atom. The third kappa shape index (κ3) is 7.90. The van der Waals surface area contributed by atoms with Crippen LogP contribution in [0.2, 0.25) is 0 Å². The van der Waals surface area contributed by atoms with Gasteiger partial charge < -0.3 is 4.98 Å². The van der Waals surface area contributed by atoms with Gasteiger partial charge in [-0.3, -0.25) is 0 Å². The second-order valence-corrected chi connectivity index (χ2v) is 16.5. The lowest BCUT2D eigenvalue weighted by molar-refractivity contribution is 0.230. The smallest absolute Gasteiger partial charge is 0.0470 e. The average Bonchev–Trinajstić information content (AvgIpc) is 3.37. The number of allylic oxidation sites excluding steroid dienone is 4. The summed E-state index contributed by atoms with van der Waals surface area (Å²) in [5, 5.41) is 2.60. The highest BCUT2D eigenvalue weighted by molar-refractivity contribution is 6.08. The van der Waals surface area contributed by atoms with Crippen LogP contribution in [0, 0.1) is 31.1 Å². The van der Waals surface area contributed by atoms with Gasteiger partial charge in [-0.1, -0.05) is 131 Å². The van der Waals surface area contributed by atoms with Gasteiger partial charge in [0.2, 0.25) is 0 Å². The molecule has 0 spiro atoms. The summed E-state index contributed by atoms with van der Waals surface area (Å²) in [6, 6.07) is 18.7. The summed E-state index contributed by atoms with van der Waals surface area (Å²) in [5.41, 5.74) is 14.2. The van der Waals surface area contributed by atoms with E-state index in [2.05, 4.69) is 156 Å². The SMILES string of the molecule is CCC/C(=C\C=C(/C)c1ccc2c(c1)[nH]c1cc(C(C)(C)C)ccc12)c1ccc(C(CCC(C)C(C)(C)C)C(C)CC)c(C)c1C. The van der Waals surface area contributed by atoms with Crippen molar-refractivity contribution in [3.63, 3.8) is 0 Å². The first-order chi connectivity index (χ1) is 21.6. The fourth-order valence-corrected chi connectivity index (χ4v) is 7.01. The summed E-state index contributed by atoms with van der Waals surface area (Å²) in [7, 11) is 0. The minimum Gasteiger partial charge on any atom is -0.354 e. The Labute approximate surface area is 282 Å². The Bertz CT molecular complexity index is 1710. The molecule has 0 aliphatic carbocycles. The number of H-pyrrole nitrogens is 1. The van der Waals surface area contributed by atoms with E-state index < -0.39 is 0 Å². The molecular formula is C45H63N. The topological polar surface area (TPSA) is 15.8 Å². The van der Waals surface area contributed by atoms with E-state index in [1.54, 1.807) is 5.56 Å². The minimum absolute atomic E-state index is 0.135. The summed E-state index contributed by atoms with van der Waals surface area (Å²) in [6.07, 6.45) is 10.7. The van der Waals surface area contributed by atoms with E-state index in [-0.39, 0.29) is 5.41 Å². The fourth-order valence-electron chi connectivity index (χ4n) is 7.01. The fraction of sp³-hybridized carbons (Fsp3) is 0.511. The van der Waals surface area contributed by atoms with Crippen molar-refractivity contribution in [2.45, 2.75) is 133 Å². The number of aromatic nitrogens is 1. The monoisotopic (exact) mass is 617 g/mol. The molecule has 3 atom stereocenters. The first-order valence-corrected chi connectivity index (χ1v) is 18.1. The van der Waals surface area contributed by atoms with E-state index in [0.29, 0.717) is 23.2 Å². The molecule has 0 amide bonds. The molecule has 1 heteroatoms. The highest BCUT2D eigenvalue weighted by atomic mass is 14.7. The first kappa shape index (κ1) is 35.8. The van der Waals surface area contributed by atoms with Crippen LogP contribution in [0.3, 0.4) is 0 Å². The quantitative estimate of drug-likeness (QED) is 0.161. The molecule has 0 bridgehead atoms. The van der Waals surface area contributed by atoms with Crippen molar-refractivity contribution < 1.29 is 0 Å². The Morgan fingerprint density at radius 3 is 2.04 bits per heavy atom. The van der Waals surface area contributed by atoms with Crippen molar-refractivity contribution >= 4 is 33.0 Å². The minimum atomic E-state index is 0.135. The Hall–Kier alpha value is -3.06. The highest BCUT2D eigenvalue weighted by Gasteiger charge is 2.26. The molecule has 0 saturated carbocycles. The maximum Gasteiger partial charge on any atom is 0.0470 e. The molecule has 0 aliphatic rings. The molecule has 3 aromatic carbocycles. The van der Waals surface area contributed by atoms with Gasteiger partial charge in [0.25, 0.3) is 0 Å². The summed E-state index contributed by atoms with van der Waals surface area (Å²) in [6.45, 7) is 30.5. The predicted octanol–water partition coefficient (Wildman–Crippen LogP) is 14.1. The van der Waals surface area contributed by atoms with Gasteiger partial charge in [-0.15, -0.1) is 0 Å². The van der Waals surface area contributed by atoms with E-state index in [1.165, 1.54) is 80.0 Å². The Balaban J connectivity index is 1.66. The van der Waals surface area contributed by atoms with Crippen LogP contribution in [0.1, 0.15) is 148 Å². The van der Waals surface area contributed by atoms with E-state index >= 15 is 0 Å². The third-order valence-corrected chi connectivity index (χ3v) is 11.3. The molecule has 0 radical (unpaired) electrons. The zero-order chi connectivity index (χ0) is 34.0. The van der Waals surface area contributed by atoms with Crippen molar-refractivity contribution in [2.24, 2.45) is 17.3 Å². The van der Waals surface area contributed by atoms with Gasteiger partial charge in [0.15, 0.2) is 0 Å². The lowest BCUT2D eigenvalue weighted by Gasteiger charge is -2.32. The number of rotatable bonds is 11. The van der Waals surface area contributed by atoms with Crippen LogP contribution in [0.15, 0.2) is 60.7 Å². The van der Waals surface area contributed by atoms with Gasteiger partial charge in [-0.05, 0) is 125 Å². The second kappa shape index (κ2) is 14.4. The molecule has 0 saturated heterocycles. The lowest BCUT2D eigenvalue weighted by Crippen LogP contribution is -2.20. The molecule has 1 nitrogen and oxygen atoms in total. The molecule has 1 aromatic heterocycles. The van der Waals surface area contributed by atoms with E-state index in [0.717, 1.165) is 12.8 Å². The molecule has 4 aromatic rings. The van der Waals surface area contributed by atoms with Crippen LogP contribution in [-0.4, -0.2) is 4.98 Å². The lowest BCUT2D eigenvalue weighted by atomic mass is 9.73. The van der Waals surface area contributed by atoms with Gasteiger partial charge in [0.1, 0.15) is 0 Å². The summed E-state index contributed by atoms with van der Waals surface area (Å²) in [4.78, 5) is 3.72. The van der Waals surface area contributed by atoms with Crippen molar-refractivity contribution in [2.75, 3.05) is 0 Å². The number of hydrogen-bond donors (Lipinski definition) is 1. The Kier molecular flexibility index (Phi) is 11.2. The number of fused-ring (bicyclic) bond motifs is 3. The molecule has 248 valence electrons. The Morgan fingerprint density at radius 1 is 0.783 bits per heavy atom. The van der Waals surface area contributed by atoms with Gasteiger partial charge in [0, 0.05) is 21.8 Å². The normalized spacial score (nSPS) is 15.5. The van der Waals surface area contributed by atoms with Gasteiger partial charge in [-0.25, -0.2) is 0 Å². The van der Waals surface area contributed by atoms with Crippen molar-refractivity contribution in [3.05, 3.63) is 94.1 Å². The van der Waals surface area contributed by atoms with Crippen LogP contribution < -0.4 is 0 Å². The van der Waals surface area contributed by atoms with Crippen molar-refractivity contribution in [3.8, 4) is 0 Å². The standard InChI is InChI=1S/C45H63N/c1-14-16-34(38-25-26-39(33(7)32(38)6)37(29(3)15-2)22-18-31(5)44(8,9)10)19-17-30(4)35-20-23-40-41-24-21-36(45(11,12)13)28-43(41)46-42(40)27-35/h17,19-21,23-29,31,37,46H,14-16,18,22H2,1-13H3/b30-17+,34-19+. The van der Waals surface area contributed by atoms with Gasteiger partial charge in [-0.2, -0.15) is 0 Å². The van der Waals surface area contributed by atoms with E-state index in [1.807, 2.05) is 0 Å².